The van der Waals surface area contributed by atoms with Gasteiger partial charge in [-0.25, -0.2) is 9.97 Å². The fraction of sp³-hybridized carbons (Fsp3) is 0.556. The Kier molecular flexibility index (Phi) is 3.14. The Balaban J connectivity index is 2.78. The highest BCUT2D eigenvalue weighted by molar-refractivity contribution is 7.98. The van der Waals surface area contributed by atoms with E-state index in [4.69, 9.17) is 0 Å². The lowest BCUT2D eigenvalue weighted by atomic mass is 10.1. The van der Waals surface area contributed by atoms with Gasteiger partial charge in [-0.15, -0.1) is 0 Å². The molecule has 72 valence electrons. The predicted octanol–water partition coefficient (Wildman–Crippen LogP) is 2.41. The van der Waals surface area contributed by atoms with E-state index in [1.807, 2.05) is 12.3 Å². The molecule has 0 amide bonds. The van der Waals surface area contributed by atoms with E-state index in [1.165, 1.54) is 0 Å². The van der Waals surface area contributed by atoms with Crippen LogP contribution in [-0.2, 0) is 0 Å². The zero-order valence-corrected chi connectivity index (χ0v) is 9.27. The van der Waals surface area contributed by atoms with Crippen LogP contribution in [0.2, 0.25) is 0 Å². The van der Waals surface area contributed by atoms with Crippen LogP contribution in [0.4, 0.5) is 5.82 Å². The van der Waals surface area contributed by atoms with E-state index in [9.17, 15) is 0 Å². The van der Waals surface area contributed by atoms with Crippen molar-refractivity contribution in [2.75, 3.05) is 11.6 Å². The van der Waals surface area contributed by atoms with Gasteiger partial charge in [-0.05, 0) is 33.1 Å². The molecule has 3 nitrogen and oxygen atoms in total. The number of nitrogens with one attached hydrogen (secondary N) is 1. The Labute approximate surface area is 83.4 Å². The number of hydrogen-bond acceptors (Lipinski definition) is 4. The van der Waals surface area contributed by atoms with Crippen molar-refractivity contribution < 1.29 is 0 Å². The summed E-state index contributed by atoms with van der Waals surface area (Å²) in [5.41, 5.74) is 0.0457. The molecule has 0 aliphatic carbocycles. The van der Waals surface area contributed by atoms with E-state index in [2.05, 4.69) is 36.1 Å². The third kappa shape index (κ3) is 3.63. The first-order chi connectivity index (χ1) is 6.01. The molecule has 1 heterocycles. The standard InChI is InChI=1S/C9H15N3S/c1-9(2,3)12-7-5-6-10-8(11-7)13-4/h5-6H,1-4H3,(H,10,11,12). The van der Waals surface area contributed by atoms with Crippen LogP contribution < -0.4 is 5.32 Å². The molecule has 1 rings (SSSR count). The van der Waals surface area contributed by atoms with Crippen LogP contribution in [0.5, 0.6) is 0 Å². The Morgan fingerprint density at radius 3 is 2.62 bits per heavy atom. The summed E-state index contributed by atoms with van der Waals surface area (Å²) in [5.74, 6) is 0.881. The molecule has 0 spiro atoms. The number of nitrogens with zero attached hydrogens (tertiary/aromatic N) is 2. The van der Waals surface area contributed by atoms with Gasteiger partial charge in [0.15, 0.2) is 5.16 Å². The monoisotopic (exact) mass is 197 g/mol. The fourth-order valence-electron chi connectivity index (χ4n) is 0.893. The molecule has 1 aromatic heterocycles. The highest BCUT2D eigenvalue weighted by atomic mass is 32.2. The van der Waals surface area contributed by atoms with E-state index in [0.29, 0.717) is 0 Å². The zero-order valence-electron chi connectivity index (χ0n) is 8.46. The molecule has 0 saturated carbocycles. The number of hydrogen-bond donors (Lipinski definition) is 1. The molecular weight excluding hydrogens is 182 g/mol. The summed E-state index contributed by atoms with van der Waals surface area (Å²) >= 11 is 1.55. The molecule has 0 aliphatic heterocycles. The highest BCUT2D eigenvalue weighted by Crippen LogP contribution is 2.14. The predicted molar refractivity (Wildman–Crippen MR) is 57.2 cm³/mol. The van der Waals surface area contributed by atoms with Crippen molar-refractivity contribution in [2.45, 2.75) is 31.5 Å². The van der Waals surface area contributed by atoms with Gasteiger partial charge in [-0.3, -0.25) is 0 Å². The van der Waals surface area contributed by atoms with Crippen LogP contribution in [0.15, 0.2) is 17.4 Å². The first-order valence-electron chi connectivity index (χ1n) is 4.16. The smallest absolute Gasteiger partial charge is 0.189 e. The van der Waals surface area contributed by atoms with Crippen molar-refractivity contribution in [3.63, 3.8) is 0 Å². The van der Waals surface area contributed by atoms with Crippen molar-refractivity contribution in [3.8, 4) is 0 Å². The summed E-state index contributed by atoms with van der Waals surface area (Å²) in [6, 6.07) is 1.88. The Morgan fingerprint density at radius 2 is 2.08 bits per heavy atom. The van der Waals surface area contributed by atoms with Crippen LogP contribution in [0.3, 0.4) is 0 Å². The van der Waals surface area contributed by atoms with Crippen molar-refractivity contribution >= 4 is 17.6 Å². The molecule has 1 N–H and O–H groups in total. The van der Waals surface area contributed by atoms with Crippen LogP contribution in [0, 0.1) is 0 Å². The molecular formula is C9H15N3S. The second kappa shape index (κ2) is 3.96. The summed E-state index contributed by atoms with van der Waals surface area (Å²) < 4.78 is 0. The Hall–Kier alpha value is -0.770. The fourth-order valence-corrected chi connectivity index (χ4v) is 1.25. The minimum absolute atomic E-state index is 0.0457. The van der Waals surface area contributed by atoms with Gasteiger partial charge >= 0.3 is 0 Å². The SMILES string of the molecule is CSc1nccc(NC(C)(C)C)n1. The van der Waals surface area contributed by atoms with Gasteiger partial charge in [0.05, 0.1) is 0 Å². The van der Waals surface area contributed by atoms with Crippen LogP contribution in [0.1, 0.15) is 20.8 Å². The van der Waals surface area contributed by atoms with Gasteiger partial charge in [0.1, 0.15) is 5.82 Å². The topological polar surface area (TPSA) is 37.8 Å². The summed E-state index contributed by atoms with van der Waals surface area (Å²) in [5, 5.41) is 4.09. The average molecular weight is 197 g/mol. The van der Waals surface area contributed by atoms with Crippen molar-refractivity contribution in [3.05, 3.63) is 12.3 Å². The maximum absolute atomic E-state index is 4.32. The van der Waals surface area contributed by atoms with E-state index in [-0.39, 0.29) is 5.54 Å². The highest BCUT2D eigenvalue weighted by Gasteiger charge is 2.09. The second-order valence-electron chi connectivity index (χ2n) is 3.80. The van der Waals surface area contributed by atoms with Gasteiger partial charge < -0.3 is 5.32 Å². The Bertz CT molecular complexity index is 280. The van der Waals surface area contributed by atoms with Crippen molar-refractivity contribution in [2.24, 2.45) is 0 Å². The van der Waals surface area contributed by atoms with E-state index in [0.717, 1.165) is 11.0 Å². The summed E-state index contributed by atoms with van der Waals surface area (Å²) in [7, 11) is 0. The van der Waals surface area contributed by atoms with E-state index >= 15 is 0 Å². The van der Waals surface area contributed by atoms with Crippen LogP contribution >= 0.6 is 11.8 Å². The second-order valence-corrected chi connectivity index (χ2v) is 4.58. The van der Waals surface area contributed by atoms with Gasteiger partial charge in [0, 0.05) is 11.7 Å². The maximum Gasteiger partial charge on any atom is 0.189 e. The summed E-state index contributed by atoms with van der Waals surface area (Å²) in [6.07, 6.45) is 3.74. The largest absolute Gasteiger partial charge is 0.365 e. The minimum Gasteiger partial charge on any atom is -0.365 e. The minimum atomic E-state index is 0.0457. The average Bonchev–Trinajstić information content (AvgIpc) is 2.01. The normalized spacial score (nSPS) is 11.4. The number of anilines is 1. The van der Waals surface area contributed by atoms with Crippen LogP contribution in [0.25, 0.3) is 0 Å². The van der Waals surface area contributed by atoms with Gasteiger partial charge in [0.2, 0.25) is 0 Å². The van der Waals surface area contributed by atoms with E-state index in [1.54, 1.807) is 18.0 Å². The molecule has 0 fully saturated rings. The zero-order chi connectivity index (χ0) is 9.90. The molecule has 4 heteroatoms. The Morgan fingerprint density at radius 1 is 1.38 bits per heavy atom. The van der Waals surface area contributed by atoms with Gasteiger partial charge in [-0.1, -0.05) is 11.8 Å². The molecule has 0 atom stereocenters. The number of rotatable bonds is 2. The molecule has 0 aromatic carbocycles. The lowest BCUT2D eigenvalue weighted by Gasteiger charge is -2.21. The third-order valence-corrected chi connectivity index (χ3v) is 1.88. The van der Waals surface area contributed by atoms with Gasteiger partial charge in [0.25, 0.3) is 0 Å². The quantitative estimate of drug-likeness (QED) is 0.583. The van der Waals surface area contributed by atoms with Crippen molar-refractivity contribution in [1.29, 1.82) is 0 Å². The van der Waals surface area contributed by atoms with Gasteiger partial charge in [-0.2, -0.15) is 0 Å². The molecule has 1 aromatic rings. The molecule has 13 heavy (non-hydrogen) atoms. The first-order valence-corrected chi connectivity index (χ1v) is 5.39. The lowest BCUT2D eigenvalue weighted by molar-refractivity contribution is 0.628. The third-order valence-electron chi connectivity index (χ3n) is 1.32. The molecule has 0 aliphatic rings. The number of thioether (sulfide) groups is 1. The molecule has 0 unspecified atom stereocenters. The summed E-state index contributed by atoms with van der Waals surface area (Å²) in [4.78, 5) is 8.42. The number of aromatic nitrogens is 2. The first kappa shape index (κ1) is 10.3. The lowest BCUT2D eigenvalue weighted by Crippen LogP contribution is -2.26. The maximum atomic E-state index is 4.32. The van der Waals surface area contributed by atoms with Crippen LogP contribution in [-0.4, -0.2) is 21.8 Å². The van der Waals surface area contributed by atoms with E-state index < -0.39 is 0 Å². The molecule has 0 saturated heterocycles. The summed E-state index contributed by atoms with van der Waals surface area (Å²) in [6.45, 7) is 6.32. The van der Waals surface area contributed by atoms with Crippen molar-refractivity contribution in [1.82, 2.24) is 9.97 Å². The molecule has 0 bridgehead atoms. The molecule has 0 radical (unpaired) electrons.